The second-order valence-corrected chi connectivity index (χ2v) is 5.32. The molecular formula is C17H15N3O2. The van der Waals surface area contributed by atoms with Gasteiger partial charge in [0, 0.05) is 17.4 Å². The van der Waals surface area contributed by atoms with Crippen LogP contribution in [0.15, 0.2) is 30.3 Å². The number of nitrogens with zero attached hydrogens (tertiary/aromatic N) is 2. The first-order chi connectivity index (χ1) is 10.7. The van der Waals surface area contributed by atoms with E-state index in [1.165, 1.54) is 11.1 Å². The molecule has 1 aromatic carbocycles. The van der Waals surface area contributed by atoms with Crippen LogP contribution in [0.4, 0.5) is 5.82 Å². The van der Waals surface area contributed by atoms with Crippen molar-refractivity contribution in [1.29, 1.82) is 0 Å². The minimum absolute atomic E-state index is 0.477. The van der Waals surface area contributed by atoms with E-state index in [0.29, 0.717) is 17.2 Å². The van der Waals surface area contributed by atoms with Gasteiger partial charge in [-0.2, -0.15) is 0 Å². The summed E-state index contributed by atoms with van der Waals surface area (Å²) in [7, 11) is 3.28. The normalized spacial score (nSPS) is 12.1. The first-order valence-electron chi connectivity index (χ1n) is 7.01. The number of nitrogen functional groups attached to an aromatic ring is 1. The Balaban J connectivity index is 1.95. The molecule has 1 aliphatic carbocycles. The number of ether oxygens (including phenoxy) is 2. The van der Waals surface area contributed by atoms with Gasteiger partial charge in [0.05, 0.1) is 19.9 Å². The van der Waals surface area contributed by atoms with Gasteiger partial charge >= 0.3 is 0 Å². The lowest BCUT2D eigenvalue weighted by molar-refractivity contribution is 0.355. The maximum Gasteiger partial charge on any atom is 0.162 e. The van der Waals surface area contributed by atoms with Crippen LogP contribution in [-0.4, -0.2) is 24.2 Å². The quantitative estimate of drug-likeness (QED) is 0.615. The van der Waals surface area contributed by atoms with E-state index < -0.39 is 0 Å². The van der Waals surface area contributed by atoms with Gasteiger partial charge in [-0.05, 0) is 41.5 Å². The fourth-order valence-corrected chi connectivity index (χ4v) is 2.97. The third-order valence-corrected chi connectivity index (χ3v) is 4.02. The first-order valence-corrected chi connectivity index (χ1v) is 7.01. The Morgan fingerprint density at radius 1 is 0.955 bits per heavy atom. The van der Waals surface area contributed by atoms with E-state index in [4.69, 9.17) is 20.2 Å². The van der Waals surface area contributed by atoms with Crippen molar-refractivity contribution in [3.8, 4) is 22.8 Å². The molecule has 4 rings (SSSR count). The zero-order chi connectivity index (χ0) is 15.3. The van der Waals surface area contributed by atoms with Gasteiger partial charge in [0.1, 0.15) is 5.82 Å². The SMILES string of the molecule is COc1cc2c(cc1OC)-c1nc3nc(N)ccc3cc1C2. The van der Waals surface area contributed by atoms with Gasteiger partial charge in [0.15, 0.2) is 17.1 Å². The lowest BCUT2D eigenvalue weighted by atomic mass is 10.1. The number of hydrogen-bond acceptors (Lipinski definition) is 5. The van der Waals surface area contributed by atoms with Gasteiger partial charge in [0.2, 0.25) is 0 Å². The van der Waals surface area contributed by atoms with Gasteiger partial charge in [-0.15, -0.1) is 0 Å². The maximum atomic E-state index is 5.76. The molecule has 0 saturated heterocycles. The molecule has 2 N–H and O–H groups in total. The van der Waals surface area contributed by atoms with Crippen molar-refractivity contribution in [2.45, 2.75) is 6.42 Å². The van der Waals surface area contributed by atoms with Gasteiger partial charge in [-0.1, -0.05) is 0 Å². The first kappa shape index (κ1) is 12.9. The van der Waals surface area contributed by atoms with E-state index in [1.54, 1.807) is 20.3 Å². The number of aromatic nitrogens is 2. The Kier molecular flexibility index (Phi) is 2.69. The Morgan fingerprint density at radius 3 is 2.50 bits per heavy atom. The zero-order valence-corrected chi connectivity index (χ0v) is 12.4. The minimum atomic E-state index is 0.477. The molecule has 22 heavy (non-hydrogen) atoms. The second-order valence-electron chi connectivity index (χ2n) is 5.32. The van der Waals surface area contributed by atoms with Crippen LogP contribution < -0.4 is 15.2 Å². The predicted molar refractivity (Wildman–Crippen MR) is 85.3 cm³/mol. The van der Waals surface area contributed by atoms with Crippen LogP contribution in [0.5, 0.6) is 11.5 Å². The summed E-state index contributed by atoms with van der Waals surface area (Å²) in [5.74, 6) is 1.92. The molecule has 0 spiro atoms. The van der Waals surface area contributed by atoms with Crippen LogP contribution >= 0.6 is 0 Å². The fraction of sp³-hybridized carbons (Fsp3) is 0.176. The number of pyridine rings is 2. The molecule has 0 bridgehead atoms. The summed E-state index contributed by atoms with van der Waals surface area (Å²) in [5.41, 5.74) is 10.8. The van der Waals surface area contributed by atoms with E-state index in [-0.39, 0.29) is 0 Å². The summed E-state index contributed by atoms with van der Waals surface area (Å²) < 4.78 is 10.8. The highest BCUT2D eigenvalue weighted by molar-refractivity contribution is 5.85. The van der Waals surface area contributed by atoms with Crippen LogP contribution in [0, 0.1) is 0 Å². The number of fused-ring (bicyclic) bond motifs is 4. The van der Waals surface area contributed by atoms with Crippen LogP contribution in [-0.2, 0) is 6.42 Å². The summed E-state index contributed by atoms with van der Waals surface area (Å²) in [4.78, 5) is 9.01. The van der Waals surface area contributed by atoms with Crippen LogP contribution in [0.3, 0.4) is 0 Å². The van der Waals surface area contributed by atoms with Crippen LogP contribution in [0.1, 0.15) is 11.1 Å². The van der Waals surface area contributed by atoms with E-state index >= 15 is 0 Å². The number of anilines is 1. The molecule has 0 fully saturated rings. The van der Waals surface area contributed by atoms with Gasteiger partial charge in [0.25, 0.3) is 0 Å². The molecule has 0 saturated carbocycles. The highest BCUT2D eigenvalue weighted by Crippen LogP contribution is 2.42. The molecule has 5 nitrogen and oxygen atoms in total. The molecule has 2 heterocycles. The van der Waals surface area contributed by atoms with Gasteiger partial charge in [-0.3, -0.25) is 0 Å². The van der Waals surface area contributed by atoms with Gasteiger partial charge in [-0.25, -0.2) is 9.97 Å². The molecule has 3 aromatic rings. The molecule has 5 heteroatoms. The van der Waals surface area contributed by atoms with Crippen molar-refractivity contribution in [2.24, 2.45) is 0 Å². The fourth-order valence-electron chi connectivity index (χ4n) is 2.97. The number of nitrogens with two attached hydrogens (primary N) is 1. The van der Waals surface area contributed by atoms with Crippen molar-refractivity contribution in [3.63, 3.8) is 0 Å². The molecule has 0 amide bonds. The third kappa shape index (κ3) is 1.79. The monoisotopic (exact) mass is 293 g/mol. The summed E-state index contributed by atoms with van der Waals surface area (Å²) in [5, 5.41) is 1.000. The van der Waals surface area contributed by atoms with Crippen LogP contribution in [0.25, 0.3) is 22.3 Å². The number of methoxy groups -OCH3 is 2. The number of benzene rings is 1. The van der Waals surface area contributed by atoms with Crippen molar-refractivity contribution >= 4 is 16.9 Å². The van der Waals surface area contributed by atoms with E-state index in [0.717, 1.165) is 28.8 Å². The van der Waals surface area contributed by atoms with Crippen LogP contribution in [0.2, 0.25) is 0 Å². The molecule has 2 aromatic heterocycles. The van der Waals surface area contributed by atoms with Crippen molar-refractivity contribution < 1.29 is 9.47 Å². The lowest BCUT2D eigenvalue weighted by Crippen LogP contribution is -1.94. The second kappa shape index (κ2) is 4.59. The van der Waals surface area contributed by atoms with E-state index in [9.17, 15) is 0 Å². The summed E-state index contributed by atoms with van der Waals surface area (Å²) in [6, 6.07) is 9.87. The molecule has 0 atom stereocenters. The largest absolute Gasteiger partial charge is 0.493 e. The van der Waals surface area contributed by atoms with Crippen molar-refractivity contribution in [2.75, 3.05) is 20.0 Å². The Bertz CT molecular complexity index is 906. The Hall–Kier alpha value is -2.82. The molecule has 0 unspecified atom stereocenters. The maximum absolute atomic E-state index is 5.76. The minimum Gasteiger partial charge on any atom is -0.493 e. The summed E-state index contributed by atoms with van der Waals surface area (Å²) >= 11 is 0. The van der Waals surface area contributed by atoms with Crippen molar-refractivity contribution in [3.05, 3.63) is 41.5 Å². The number of hydrogen-bond donors (Lipinski definition) is 1. The van der Waals surface area contributed by atoms with Crippen molar-refractivity contribution in [1.82, 2.24) is 9.97 Å². The molecule has 1 aliphatic rings. The third-order valence-electron chi connectivity index (χ3n) is 4.02. The van der Waals surface area contributed by atoms with E-state index in [2.05, 4.69) is 11.1 Å². The summed E-state index contributed by atoms with van der Waals surface area (Å²) in [6.07, 6.45) is 0.832. The highest BCUT2D eigenvalue weighted by atomic mass is 16.5. The standard InChI is InChI=1S/C17H15N3O2/c1-21-13-7-10-6-11-5-9-3-4-15(18)19-17(9)20-16(11)12(10)8-14(13)22-2/h3-5,7-8H,6H2,1-2H3,(H2,18,19,20). The molecule has 0 aliphatic heterocycles. The smallest absolute Gasteiger partial charge is 0.162 e. The topological polar surface area (TPSA) is 70.3 Å². The van der Waals surface area contributed by atoms with Gasteiger partial charge < -0.3 is 15.2 Å². The van der Waals surface area contributed by atoms with E-state index in [1.807, 2.05) is 18.2 Å². The Labute approximate surface area is 127 Å². The zero-order valence-electron chi connectivity index (χ0n) is 12.4. The Morgan fingerprint density at radius 2 is 1.73 bits per heavy atom. The molecule has 0 radical (unpaired) electrons. The highest BCUT2D eigenvalue weighted by Gasteiger charge is 2.23. The lowest BCUT2D eigenvalue weighted by Gasteiger charge is -2.10. The predicted octanol–water partition coefficient (Wildman–Crippen LogP) is 2.80. The molecule has 110 valence electrons. The molecular weight excluding hydrogens is 278 g/mol. The average Bonchev–Trinajstić information content (AvgIpc) is 2.87. The number of rotatable bonds is 2. The average molecular weight is 293 g/mol. The summed E-state index contributed by atoms with van der Waals surface area (Å²) in [6.45, 7) is 0.